The van der Waals surface area contributed by atoms with E-state index in [4.69, 9.17) is 5.11 Å². The molecule has 3 aromatic carbocycles. The maximum atomic E-state index is 10.6. The highest BCUT2D eigenvalue weighted by Crippen LogP contribution is 2.23. The number of hydrogen-bond donors (Lipinski definition) is 2. The largest absolute Gasteiger partial charge is 0.465 e. The van der Waals surface area contributed by atoms with E-state index in [0.717, 1.165) is 23.4 Å². The average Bonchev–Trinajstić information content (AvgIpc) is 2.67. The van der Waals surface area contributed by atoms with Gasteiger partial charge >= 0.3 is 6.09 Å². The number of hydrogen-bond acceptors (Lipinski definition) is 2. The molecule has 0 aliphatic rings. The highest BCUT2D eigenvalue weighted by Gasteiger charge is 2.05. The van der Waals surface area contributed by atoms with Crippen LogP contribution in [0.3, 0.4) is 0 Å². The Hall–Kier alpha value is -3.27. The summed E-state index contributed by atoms with van der Waals surface area (Å²) in [4.78, 5) is 12.8. The molecule has 0 saturated carbocycles. The van der Waals surface area contributed by atoms with E-state index in [1.54, 1.807) is 0 Å². The number of nitrogens with zero attached hydrogens (tertiary/aromatic N) is 1. The second-order valence-electron chi connectivity index (χ2n) is 6.25. The Morgan fingerprint density at radius 2 is 1.54 bits per heavy atom. The SMILES string of the molecule is CN(Cc1cccc(CNC(=O)O)c1)c1ccc(-c2ccccc2)cc1. The fourth-order valence-corrected chi connectivity index (χ4v) is 2.92. The molecule has 4 heteroatoms. The molecule has 0 heterocycles. The highest BCUT2D eigenvalue weighted by atomic mass is 16.4. The predicted octanol–water partition coefficient (Wildman–Crippen LogP) is 4.76. The van der Waals surface area contributed by atoms with E-state index in [1.165, 1.54) is 11.1 Å². The third-order valence-electron chi connectivity index (χ3n) is 4.27. The summed E-state index contributed by atoms with van der Waals surface area (Å²) in [7, 11) is 2.06. The normalized spacial score (nSPS) is 10.3. The van der Waals surface area contributed by atoms with Crippen LogP contribution < -0.4 is 10.2 Å². The van der Waals surface area contributed by atoms with Crippen LogP contribution in [0.4, 0.5) is 10.5 Å². The smallest absolute Gasteiger partial charge is 0.404 e. The Kier molecular flexibility index (Phi) is 5.54. The summed E-state index contributed by atoms with van der Waals surface area (Å²) in [6.07, 6.45) is -1.01. The predicted molar refractivity (Wildman–Crippen MR) is 105 cm³/mol. The first-order valence-corrected chi connectivity index (χ1v) is 8.53. The van der Waals surface area contributed by atoms with Crippen LogP contribution in [0, 0.1) is 0 Å². The van der Waals surface area contributed by atoms with E-state index in [0.29, 0.717) is 6.54 Å². The molecule has 3 rings (SSSR count). The molecule has 0 bridgehead atoms. The van der Waals surface area contributed by atoms with Crippen molar-refractivity contribution >= 4 is 11.8 Å². The van der Waals surface area contributed by atoms with E-state index < -0.39 is 6.09 Å². The fraction of sp³-hybridized carbons (Fsp3) is 0.136. The van der Waals surface area contributed by atoms with Gasteiger partial charge in [-0.15, -0.1) is 0 Å². The van der Waals surface area contributed by atoms with E-state index in [1.807, 2.05) is 36.4 Å². The lowest BCUT2D eigenvalue weighted by molar-refractivity contribution is 0.194. The summed E-state index contributed by atoms with van der Waals surface area (Å²) < 4.78 is 0. The van der Waals surface area contributed by atoms with Crippen molar-refractivity contribution < 1.29 is 9.90 Å². The zero-order valence-corrected chi connectivity index (χ0v) is 14.7. The van der Waals surface area contributed by atoms with Crippen LogP contribution in [0.25, 0.3) is 11.1 Å². The highest BCUT2D eigenvalue weighted by molar-refractivity contribution is 5.66. The first-order valence-electron chi connectivity index (χ1n) is 8.53. The maximum Gasteiger partial charge on any atom is 0.404 e. The number of anilines is 1. The van der Waals surface area contributed by atoms with Crippen molar-refractivity contribution in [2.75, 3.05) is 11.9 Å². The van der Waals surface area contributed by atoms with Crippen molar-refractivity contribution in [1.82, 2.24) is 5.32 Å². The van der Waals surface area contributed by atoms with E-state index in [2.05, 4.69) is 59.7 Å². The Labute approximate surface area is 153 Å². The molecule has 1 amide bonds. The molecule has 3 aromatic rings. The Balaban J connectivity index is 1.67. The maximum absolute atomic E-state index is 10.6. The third kappa shape index (κ3) is 4.63. The molecule has 0 saturated heterocycles. The zero-order chi connectivity index (χ0) is 18.4. The standard InChI is InChI=1S/C22H22N2O2/c1-24(16-18-7-5-6-17(14-18)15-23-22(25)26)21-12-10-20(11-13-21)19-8-3-2-4-9-19/h2-14,23H,15-16H2,1H3,(H,25,26). The van der Waals surface area contributed by atoms with Gasteiger partial charge in [0.15, 0.2) is 0 Å². The van der Waals surface area contributed by atoms with Gasteiger partial charge < -0.3 is 15.3 Å². The van der Waals surface area contributed by atoms with Gasteiger partial charge in [-0.2, -0.15) is 0 Å². The van der Waals surface area contributed by atoms with Gasteiger partial charge in [0.25, 0.3) is 0 Å². The van der Waals surface area contributed by atoms with Gasteiger partial charge in [-0.25, -0.2) is 4.79 Å². The second kappa shape index (κ2) is 8.21. The third-order valence-corrected chi connectivity index (χ3v) is 4.27. The first kappa shape index (κ1) is 17.5. The summed E-state index contributed by atoms with van der Waals surface area (Å²) >= 11 is 0. The van der Waals surface area contributed by atoms with Crippen molar-refractivity contribution in [2.24, 2.45) is 0 Å². The van der Waals surface area contributed by atoms with Crippen LogP contribution in [-0.4, -0.2) is 18.2 Å². The molecule has 2 N–H and O–H groups in total. The number of carboxylic acid groups (broad SMARTS) is 1. The molecule has 0 aliphatic carbocycles. The second-order valence-corrected chi connectivity index (χ2v) is 6.25. The molecule has 0 aliphatic heterocycles. The molecule has 4 nitrogen and oxygen atoms in total. The molecule has 0 unspecified atom stereocenters. The number of rotatable bonds is 6. The molecule has 0 aromatic heterocycles. The minimum Gasteiger partial charge on any atom is -0.465 e. The Morgan fingerprint density at radius 3 is 2.23 bits per heavy atom. The van der Waals surface area contributed by atoms with Crippen LogP contribution in [0.5, 0.6) is 0 Å². The summed E-state index contributed by atoms with van der Waals surface area (Å²) in [5.74, 6) is 0. The lowest BCUT2D eigenvalue weighted by Gasteiger charge is -2.20. The van der Waals surface area contributed by atoms with Crippen LogP contribution in [0.15, 0.2) is 78.9 Å². The molecule has 0 fully saturated rings. The van der Waals surface area contributed by atoms with Gasteiger partial charge in [0.2, 0.25) is 0 Å². The summed E-state index contributed by atoms with van der Waals surface area (Å²) in [5.41, 5.74) is 5.64. The van der Waals surface area contributed by atoms with E-state index in [-0.39, 0.29) is 0 Å². The monoisotopic (exact) mass is 346 g/mol. The average molecular weight is 346 g/mol. The molecule has 26 heavy (non-hydrogen) atoms. The zero-order valence-electron chi connectivity index (χ0n) is 14.7. The number of amides is 1. The van der Waals surface area contributed by atoms with Crippen LogP contribution in [0.2, 0.25) is 0 Å². The molecule has 0 atom stereocenters. The van der Waals surface area contributed by atoms with Crippen LogP contribution in [-0.2, 0) is 13.1 Å². The lowest BCUT2D eigenvalue weighted by Crippen LogP contribution is -2.20. The lowest BCUT2D eigenvalue weighted by atomic mass is 10.1. The van der Waals surface area contributed by atoms with E-state index >= 15 is 0 Å². The van der Waals surface area contributed by atoms with Gasteiger partial charge in [-0.05, 0) is 34.4 Å². The van der Waals surface area contributed by atoms with E-state index in [9.17, 15) is 4.79 Å². The minimum absolute atomic E-state index is 0.318. The first-order chi connectivity index (χ1) is 12.6. The Bertz CT molecular complexity index is 861. The minimum atomic E-state index is -1.01. The van der Waals surface area contributed by atoms with Crippen molar-refractivity contribution in [3.63, 3.8) is 0 Å². The fourth-order valence-electron chi connectivity index (χ4n) is 2.92. The number of benzene rings is 3. The van der Waals surface area contributed by atoms with Crippen molar-refractivity contribution in [3.8, 4) is 11.1 Å². The van der Waals surface area contributed by atoms with Gasteiger partial charge in [0.1, 0.15) is 0 Å². The van der Waals surface area contributed by atoms with Crippen LogP contribution >= 0.6 is 0 Å². The molecule has 0 radical (unpaired) electrons. The quantitative estimate of drug-likeness (QED) is 0.677. The molecular weight excluding hydrogens is 324 g/mol. The summed E-state index contributed by atoms with van der Waals surface area (Å²) in [5, 5.41) is 11.1. The van der Waals surface area contributed by atoms with Gasteiger partial charge in [0.05, 0.1) is 0 Å². The summed E-state index contributed by atoms with van der Waals surface area (Å²) in [6.45, 7) is 1.07. The van der Waals surface area contributed by atoms with Gasteiger partial charge in [-0.1, -0.05) is 66.7 Å². The number of carbonyl (C=O) groups is 1. The van der Waals surface area contributed by atoms with Gasteiger partial charge in [0, 0.05) is 25.8 Å². The topological polar surface area (TPSA) is 52.6 Å². The van der Waals surface area contributed by atoms with Crippen LogP contribution in [0.1, 0.15) is 11.1 Å². The number of nitrogens with one attached hydrogen (secondary N) is 1. The van der Waals surface area contributed by atoms with Crippen molar-refractivity contribution in [1.29, 1.82) is 0 Å². The van der Waals surface area contributed by atoms with Gasteiger partial charge in [-0.3, -0.25) is 0 Å². The summed E-state index contributed by atoms with van der Waals surface area (Å²) in [6, 6.07) is 26.8. The molecular formula is C22H22N2O2. The van der Waals surface area contributed by atoms with Crippen molar-refractivity contribution in [3.05, 3.63) is 90.0 Å². The Morgan fingerprint density at radius 1 is 0.885 bits per heavy atom. The molecule has 0 spiro atoms. The van der Waals surface area contributed by atoms with Crippen molar-refractivity contribution in [2.45, 2.75) is 13.1 Å². The molecule has 132 valence electrons.